The maximum Gasteiger partial charge on any atom is 0.412 e. The van der Waals surface area contributed by atoms with Gasteiger partial charge in [0.25, 0.3) is 0 Å². The number of nitrogens with one attached hydrogen (secondary N) is 1. The molecule has 0 unspecified atom stereocenters. The Balaban J connectivity index is 1.76. The van der Waals surface area contributed by atoms with Gasteiger partial charge >= 0.3 is 12.2 Å². The predicted octanol–water partition coefficient (Wildman–Crippen LogP) is 3.47. The van der Waals surface area contributed by atoms with Crippen LogP contribution in [0.3, 0.4) is 0 Å². The van der Waals surface area contributed by atoms with Gasteiger partial charge in [0, 0.05) is 31.5 Å². The van der Waals surface area contributed by atoms with Crippen LogP contribution in [0.4, 0.5) is 15.3 Å². The van der Waals surface area contributed by atoms with E-state index in [-0.39, 0.29) is 6.09 Å². The Labute approximate surface area is 135 Å². The van der Waals surface area contributed by atoms with E-state index in [1.807, 2.05) is 45.0 Å². The molecule has 0 aromatic heterocycles. The SMILES string of the molecule is CC(C)(C)OC(=O)N1CCC2(CC1)OC(=O)Nc1ccccc12. The summed E-state index contributed by atoms with van der Waals surface area (Å²) in [4.78, 5) is 25.7. The third-order valence-electron chi connectivity index (χ3n) is 4.17. The van der Waals surface area contributed by atoms with E-state index < -0.39 is 17.3 Å². The van der Waals surface area contributed by atoms with Crippen LogP contribution in [0.25, 0.3) is 0 Å². The van der Waals surface area contributed by atoms with Crippen molar-refractivity contribution in [2.24, 2.45) is 0 Å². The smallest absolute Gasteiger partial charge is 0.412 e. The highest BCUT2D eigenvalue weighted by Gasteiger charge is 2.45. The molecule has 1 aromatic carbocycles. The number of benzene rings is 1. The molecule has 6 nitrogen and oxygen atoms in total. The summed E-state index contributed by atoms with van der Waals surface area (Å²) in [5, 5.41) is 2.73. The van der Waals surface area contributed by atoms with Crippen LogP contribution < -0.4 is 5.32 Å². The Morgan fingerprint density at radius 2 is 1.91 bits per heavy atom. The summed E-state index contributed by atoms with van der Waals surface area (Å²) in [6.07, 6.45) is 0.378. The van der Waals surface area contributed by atoms with E-state index in [2.05, 4.69) is 5.32 Å². The van der Waals surface area contributed by atoms with E-state index in [0.29, 0.717) is 25.9 Å². The van der Waals surface area contributed by atoms with Gasteiger partial charge in [-0.2, -0.15) is 0 Å². The first-order valence-electron chi connectivity index (χ1n) is 7.87. The van der Waals surface area contributed by atoms with Crippen molar-refractivity contribution in [1.82, 2.24) is 4.90 Å². The molecule has 1 saturated heterocycles. The quantitative estimate of drug-likeness (QED) is 0.795. The van der Waals surface area contributed by atoms with Crippen molar-refractivity contribution in [3.63, 3.8) is 0 Å². The van der Waals surface area contributed by atoms with E-state index in [1.165, 1.54) is 0 Å². The molecule has 6 heteroatoms. The summed E-state index contributed by atoms with van der Waals surface area (Å²) >= 11 is 0. The molecule has 0 atom stereocenters. The number of rotatable bonds is 0. The Hall–Kier alpha value is -2.24. The molecule has 2 aliphatic heterocycles. The normalized spacial score (nSPS) is 19.6. The minimum Gasteiger partial charge on any atom is -0.444 e. The third kappa shape index (κ3) is 3.11. The van der Waals surface area contributed by atoms with Gasteiger partial charge in [-0.15, -0.1) is 0 Å². The molecule has 1 fully saturated rings. The summed E-state index contributed by atoms with van der Waals surface area (Å²) in [5.74, 6) is 0. The molecule has 1 spiro atoms. The second-order valence-electron chi connectivity index (χ2n) is 7.02. The van der Waals surface area contributed by atoms with Gasteiger partial charge in [0.2, 0.25) is 0 Å². The molecule has 2 aliphatic rings. The standard InChI is InChI=1S/C17H22N2O4/c1-16(2,3)23-15(21)19-10-8-17(9-11-19)12-6-4-5-7-13(12)18-14(20)22-17/h4-7H,8-11H2,1-3H3,(H,18,20). The number of piperidine rings is 1. The first-order valence-corrected chi connectivity index (χ1v) is 7.87. The Bertz CT molecular complexity index is 628. The molecule has 23 heavy (non-hydrogen) atoms. The summed E-state index contributed by atoms with van der Waals surface area (Å²) < 4.78 is 11.1. The first kappa shape index (κ1) is 15.6. The largest absolute Gasteiger partial charge is 0.444 e. The van der Waals surface area contributed by atoms with Crippen LogP contribution in [0.2, 0.25) is 0 Å². The fraction of sp³-hybridized carbons (Fsp3) is 0.529. The lowest BCUT2D eigenvalue weighted by Gasteiger charge is -2.44. The van der Waals surface area contributed by atoms with E-state index in [1.54, 1.807) is 4.90 Å². The lowest BCUT2D eigenvalue weighted by Crippen LogP contribution is -2.50. The first-order chi connectivity index (χ1) is 10.8. The number of anilines is 1. The van der Waals surface area contributed by atoms with E-state index in [9.17, 15) is 9.59 Å². The number of nitrogens with zero attached hydrogens (tertiary/aromatic N) is 1. The zero-order valence-corrected chi connectivity index (χ0v) is 13.7. The van der Waals surface area contributed by atoms with Crippen LogP contribution in [0.1, 0.15) is 39.2 Å². The van der Waals surface area contributed by atoms with Crippen molar-refractivity contribution >= 4 is 17.9 Å². The van der Waals surface area contributed by atoms with Crippen molar-refractivity contribution < 1.29 is 19.1 Å². The Morgan fingerprint density at radius 1 is 1.26 bits per heavy atom. The summed E-state index contributed by atoms with van der Waals surface area (Å²) in [6.45, 7) is 6.54. The number of ether oxygens (including phenoxy) is 2. The van der Waals surface area contributed by atoms with Crippen LogP contribution in [0.15, 0.2) is 24.3 Å². The van der Waals surface area contributed by atoms with Gasteiger partial charge in [-0.05, 0) is 26.8 Å². The van der Waals surface area contributed by atoms with Crippen LogP contribution in [-0.4, -0.2) is 35.8 Å². The van der Waals surface area contributed by atoms with Crippen molar-refractivity contribution in [3.05, 3.63) is 29.8 Å². The Kier molecular flexibility index (Phi) is 3.70. The fourth-order valence-corrected chi connectivity index (χ4v) is 3.11. The molecule has 124 valence electrons. The van der Waals surface area contributed by atoms with Gasteiger partial charge in [-0.1, -0.05) is 18.2 Å². The van der Waals surface area contributed by atoms with Gasteiger partial charge in [0.05, 0.1) is 5.69 Å². The number of carbonyl (C=O) groups excluding carboxylic acids is 2. The van der Waals surface area contributed by atoms with Crippen LogP contribution >= 0.6 is 0 Å². The molecule has 0 saturated carbocycles. The molecule has 1 N–H and O–H groups in total. The monoisotopic (exact) mass is 318 g/mol. The number of carbonyl (C=O) groups is 2. The van der Waals surface area contributed by atoms with Crippen molar-refractivity contribution in [2.45, 2.75) is 44.8 Å². The van der Waals surface area contributed by atoms with E-state index in [4.69, 9.17) is 9.47 Å². The second-order valence-corrected chi connectivity index (χ2v) is 7.02. The molecule has 2 heterocycles. The van der Waals surface area contributed by atoms with E-state index >= 15 is 0 Å². The number of para-hydroxylation sites is 1. The fourth-order valence-electron chi connectivity index (χ4n) is 3.11. The Morgan fingerprint density at radius 3 is 2.57 bits per heavy atom. The molecule has 0 aliphatic carbocycles. The highest BCUT2D eigenvalue weighted by molar-refractivity contribution is 5.88. The summed E-state index contributed by atoms with van der Waals surface area (Å²) in [5.41, 5.74) is 0.593. The zero-order valence-electron chi connectivity index (χ0n) is 13.7. The number of hydrogen-bond acceptors (Lipinski definition) is 4. The minimum absolute atomic E-state index is 0.319. The van der Waals surface area contributed by atoms with Gasteiger partial charge in [-0.3, -0.25) is 5.32 Å². The molecule has 3 rings (SSSR count). The molecule has 2 amide bonds. The molecule has 0 bridgehead atoms. The van der Waals surface area contributed by atoms with Crippen molar-refractivity contribution in [1.29, 1.82) is 0 Å². The van der Waals surface area contributed by atoms with Gasteiger partial charge in [0.1, 0.15) is 11.2 Å². The molecular formula is C17H22N2O4. The predicted molar refractivity (Wildman–Crippen MR) is 85.3 cm³/mol. The third-order valence-corrected chi connectivity index (χ3v) is 4.17. The number of amides is 2. The van der Waals surface area contributed by atoms with Gasteiger partial charge in [-0.25, -0.2) is 9.59 Å². The van der Waals surface area contributed by atoms with E-state index in [0.717, 1.165) is 11.3 Å². The van der Waals surface area contributed by atoms with Crippen molar-refractivity contribution in [3.8, 4) is 0 Å². The maximum absolute atomic E-state index is 12.2. The highest BCUT2D eigenvalue weighted by Crippen LogP contribution is 2.43. The molecular weight excluding hydrogens is 296 g/mol. The highest BCUT2D eigenvalue weighted by atomic mass is 16.6. The number of likely N-dealkylation sites (tertiary alicyclic amines) is 1. The summed E-state index contributed by atoms with van der Waals surface area (Å²) in [6, 6.07) is 7.66. The lowest BCUT2D eigenvalue weighted by atomic mass is 9.82. The van der Waals surface area contributed by atoms with Crippen LogP contribution in [0.5, 0.6) is 0 Å². The van der Waals surface area contributed by atoms with Gasteiger partial charge < -0.3 is 14.4 Å². The topological polar surface area (TPSA) is 67.9 Å². The van der Waals surface area contributed by atoms with Crippen LogP contribution in [-0.2, 0) is 15.1 Å². The maximum atomic E-state index is 12.2. The number of hydrogen-bond donors (Lipinski definition) is 1. The van der Waals surface area contributed by atoms with Crippen LogP contribution in [0, 0.1) is 0 Å². The van der Waals surface area contributed by atoms with Gasteiger partial charge in [0.15, 0.2) is 0 Å². The summed E-state index contributed by atoms with van der Waals surface area (Å²) in [7, 11) is 0. The average Bonchev–Trinajstić information content (AvgIpc) is 2.46. The van der Waals surface area contributed by atoms with Crippen molar-refractivity contribution in [2.75, 3.05) is 18.4 Å². The average molecular weight is 318 g/mol. The zero-order chi connectivity index (χ0) is 16.7. The molecule has 0 radical (unpaired) electrons. The minimum atomic E-state index is -0.655. The lowest BCUT2D eigenvalue weighted by molar-refractivity contribution is -0.0438. The second kappa shape index (κ2) is 5.44. The number of fused-ring (bicyclic) bond motifs is 2. The molecule has 1 aromatic rings.